The fourth-order valence-electron chi connectivity index (χ4n) is 1.34. The largest absolute Gasteiger partial charge is 0.103 e. The maximum Gasteiger partial charge on any atom is -0.0351 e. The normalized spacial score (nSPS) is 12.9. The van der Waals surface area contributed by atoms with Gasteiger partial charge in [0.1, 0.15) is 0 Å². The summed E-state index contributed by atoms with van der Waals surface area (Å²) in [6.45, 7) is 9.86. The van der Waals surface area contributed by atoms with Gasteiger partial charge in [-0.25, -0.2) is 0 Å². The first kappa shape index (κ1) is 10.7. The van der Waals surface area contributed by atoms with Crippen LogP contribution in [0.1, 0.15) is 45.4 Å². The van der Waals surface area contributed by atoms with E-state index in [-0.39, 0.29) is 0 Å². The quantitative estimate of drug-likeness (QED) is 0.485. The Kier molecular flexibility index (Phi) is 7.66. The van der Waals surface area contributed by atoms with Crippen molar-refractivity contribution in [3.8, 4) is 0 Å². The summed E-state index contributed by atoms with van der Waals surface area (Å²) in [5, 5.41) is 0. The minimum Gasteiger partial charge on any atom is -0.103 e. The molecule has 65 valence electrons. The highest BCUT2D eigenvalue weighted by Gasteiger charge is 2.03. The molecular weight excluding hydrogens is 132 g/mol. The molecule has 1 unspecified atom stereocenters. The van der Waals surface area contributed by atoms with Crippen LogP contribution in [0.5, 0.6) is 0 Å². The van der Waals surface area contributed by atoms with Gasteiger partial charge >= 0.3 is 0 Å². The average Bonchev–Trinajstić information content (AvgIpc) is 2.05. The van der Waals surface area contributed by atoms with Crippen molar-refractivity contribution < 1.29 is 0 Å². The summed E-state index contributed by atoms with van der Waals surface area (Å²) in [6, 6.07) is 0. The molecule has 0 heterocycles. The van der Waals surface area contributed by atoms with E-state index in [2.05, 4.69) is 20.4 Å². The molecule has 11 heavy (non-hydrogen) atoms. The summed E-state index contributed by atoms with van der Waals surface area (Å²) in [7, 11) is 0. The second kappa shape index (κ2) is 7.84. The van der Waals surface area contributed by atoms with E-state index in [1.54, 1.807) is 0 Å². The molecule has 0 aliphatic carbocycles. The lowest BCUT2D eigenvalue weighted by Gasteiger charge is -2.12. The molecule has 1 radical (unpaired) electrons. The first-order valence-corrected chi connectivity index (χ1v) is 4.75. The Morgan fingerprint density at radius 3 is 2.55 bits per heavy atom. The molecule has 0 rings (SSSR count). The Morgan fingerprint density at radius 1 is 1.36 bits per heavy atom. The molecule has 0 saturated heterocycles. The minimum atomic E-state index is 0.912. The monoisotopic (exact) mass is 153 g/mol. The lowest BCUT2D eigenvalue weighted by atomic mass is 9.94. The minimum absolute atomic E-state index is 0.912. The van der Waals surface area contributed by atoms with Gasteiger partial charge in [-0.1, -0.05) is 45.6 Å². The molecule has 0 amide bonds. The smallest absolute Gasteiger partial charge is 0.0351 e. The highest BCUT2D eigenvalue weighted by Crippen LogP contribution is 2.17. The van der Waals surface area contributed by atoms with Crippen molar-refractivity contribution in [3.05, 3.63) is 19.6 Å². The summed E-state index contributed by atoms with van der Waals surface area (Å²) >= 11 is 0. The van der Waals surface area contributed by atoms with Crippen LogP contribution in [0.15, 0.2) is 12.7 Å². The second-order valence-electron chi connectivity index (χ2n) is 3.14. The third-order valence-corrected chi connectivity index (χ3v) is 2.22. The number of rotatable bonds is 7. The molecule has 0 N–H and O–H groups in total. The van der Waals surface area contributed by atoms with E-state index < -0.39 is 0 Å². The number of hydrogen-bond donors (Lipinski definition) is 0. The van der Waals surface area contributed by atoms with E-state index in [1.807, 2.05) is 6.08 Å². The van der Waals surface area contributed by atoms with Crippen molar-refractivity contribution in [3.63, 3.8) is 0 Å². The van der Waals surface area contributed by atoms with Crippen molar-refractivity contribution in [1.29, 1.82) is 0 Å². The number of hydrogen-bond acceptors (Lipinski definition) is 0. The third-order valence-electron chi connectivity index (χ3n) is 2.22. The highest BCUT2D eigenvalue weighted by atomic mass is 14.1. The van der Waals surface area contributed by atoms with Gasteiger partial charge in [0.2, 0.25) is 0 Å². The van der Waals surface area contributed by atoms with E-state index in [0.717, 1.165) is 12.3 Å². The van der Waals surface area contributed by atoms with Gasteiger partial charge in [0.25, 0.3) is 0 Å². The first-order valence-electron chi connectivity index (χ1n) is 4.75. The number of allylic oxidation sites excluding steroid dienone is 1. The van der Waals surface area contributed by atoms with E-state index in [4.69, 9.17) is 0 Å². The van der Waals surface area contributed by atoms with E-state index in [9.17, 15) is 0 Å². The summed E-state index contributed by atoms with van der Waals surface area (Å²) in [5.41, 5.74) is 0. The van der Waals surface area contributed by atoms with Crippen LogP contribution in [0, 0.1) is 12.8 Å². The summed E-state index contributed by atoms with van der Waals surface area (Å²) in [5.74, 6) is 0.912. The molecule has 0 spiro atoms. The predicted octanol–water partition coefficient (Wildman–Crippen LogP) is 3.98. The van der Waals surface area contributed by atoms with Crippen LogP contribution < -0.4 is 0 Å². The van der Waals surface area contributed by atoms with Crippen LogP contribution in [0.25, 0.3) is 0 Å². The van der Waals surface area contributed by atoms with Crippen LogP contribution in [0.4, 0.5) is 0 Å². The molecule has 0 nitrogen and oxygen atoms in total. The van der Waals surface area contributed by atoms with Crippen LogP contribution in [0.3, 0.4) is 0 Å². The van der Waals surface area contributed by atoms with Crippen molar-refractivity contribution in [2.75, 3.05) is 0 Å². The van der Waals surface area contributed by atoms with Gasteiger partial charge in [-0.15, -0.1) is 6.58 Å². The predicted molar refractivity (Wildman–Crippen MR) is 52.4 cm³/mol. The Morgan fingerprint density at radius 2 is 2.09 bits per heavy atom. The maximum atomic E-state index is 3.85. The average molecular weight is 153 g/mol. The van der Waals surface area contributed by atoms with Gasteiger partial charge in [-0.05, 0) is 18.8 Å². The molecule has 0 aromatic rings. The Hall–Kier alpha value is -0.260. The van der Waals surface area contributed by atoms with Crippen LogP contribution >= 0.6 is 0 Å². The molecule has 0 heteroatoms. The van der Waals surface area contributed by atoms with Crippen LogP contribution in [-0.2, 0) is 0 Å². The van der Waals surface area contributed by atoms with Gasteiger partial charge in [0, 0.05) is 0 Å². The number of unbranched alkanes of at least 4 members (excludes halogenated alkanes) is 1. The van der Waals surface area contributed by atoms with E-state index in [1.165, 1.54) is 32.1 Å². The molecule has 0 aliphatic heterocycles. The SMILES string of the molecule is [CH2]CCCC(CC)CCC=C. The molecule has 0 aromatic heterocycles. The lowest BCUT2D eigenvalue weighted by molar-refractivity contribution is 0.428. The maximum absolute atomic E-state index is 3.85. The fourth-order valence-corrected chi connectivity index (χ4v) is 1.34. The summed E-state index contributed by atoms with van der Waals surface area (Å²) < 4.78 is 0. The third kappa shape index (κ3) is 6.15. The zero-order chi connectivity index (χ0) is 8.53. The second-order valence-corrected chi connectivity index (χ2v) is 3.14. The molecule has 0 saturated carbocycles. The van der Waals surface area contributed by atoms with Crippen LogP contribution in [0.2, 0.25) is 0 Å². The first-order chi connectivity index (χ1) is 5.35. The van der Waals surface area contributed by atoms with E-state index >= 15 is 0 Å². The van der Waals surface area contributed by atoms with Crippen molar-refractivity contribution in [2.45, 2.75) is 45.4 Å². The Bertz CT molecular complexity index is 84.0. The van der Waals surface area contributed by atoms with Gasteiger partial charge in [0.05, 0.1) is 0 Å². The van der Waals surface area contributed by atoms with Gasteiger partial charge in [-0.2, -0.15) is 0 Å². The molecular formula is C11H21. The summed E-state index contributed by atoms with van der Waals surface area (Å²) in [4.78, 5) is 0. The van der Waals surface area contributed by atoms with E-state index in [0.29, 0.717) is 0 Å². The Balaban J connectivity index is 3.32. The zero-order valence-corrected chi connectivity index (χ0v) is 7.81. The van der Waals surface area contributed by atoms with Gasteiger partial charge in [0.15, 0.2) is 0 Å². The van der Waals surface area contributed by atoms with Gasteiger partial charge < -0.3 is 0 Å². The lowest BCUT2D eigenvalue weighted by Crippen LogP contribution is -1.97. The summed E-state index contributed by atoms with van der Waals surface area (Å²) in [6.07, 6.45) is 9.56. The van der Waals surface area contributed by atoms with Crippen molar-refractivity contribution in [2.24, 2.45) is 5.92 Å². The van der Waals surface area contributed by atoms with Gasteiger partial charge in [-0.3, -0.25) is 0 Å². The van der Waals surface area contributed by atoms with Crippen LogP contribution in [-0.4, -0.2) is 0 Å². The molecule has 1 atom stereocenters. The van der Waals surface area contributed by atoms with Crippen molar-refractivity contribution in [1.82, 2.24) is 0 Å². The molecule has 0 aromatic carbocycles. The molecule has 0 aliphatic rings. The topological polar surface area (TPSA) is 0 Å². The van der Waals surface area contributed by atoms with Crippen molar-refractivity contribution >= 4 is 0 Å². The Labute approximate surface area is 71.7 Å². The zero-order valence-electron chi connectivity index (χ0n) is 7.81. The highest BCUT2D eigenvalue weighted by molar-refractivity contribution is 4.69. The molecule has 0 bridgehead atoms. The fraction of sp³-hybridized carbons (Fsp3) is 0.727. The standard InChI is InChI=1S/C11H21/c1-4-7-9-11(6-3)10-8-5-2/h4,11H,1-2,5-10H2,3H3. The molecule has 0 fully saturated rings.